The largest absolute Gasteiger partial charge is 0.322 e. The van der Waals surface area contributed by atoms with E-state index in [1.807, 2.05) is 29.6 Å². The van der Waals surface area contributed by atoms with Crippen molar-refractivity contribution in [3.8, 4) is 0 Å². The van der Waals surface area contributed by atoms with Crippen LogP contribution in [0, 0.1) is 12.7 Å². The zero-order chi connectivity index (χ0) is 23.8. The highest BCUT2D eigenvalue weighted by Crippen LogP contribution is 2.35. The molecule has 170 valence electrons. The predicted molar refractivity (Wildman–Crippen MR) is 135 cm³/mol. The van der Waals surface area contributed by atoms with Crippen molar-refractivity contribution in [3.05, 3.63) is 116 Å². The minimum absolute atomic E-state index is 0.213. The lowest BCUT2D eigenvalue weighted by Crippen LogP contribution is -2.30. The number of para-hydroxylation sites is 1. The molecular weight excluding hydrogens is 471 g/mol. The Hall–Kier alpha value is -3.48. The molecule has 2 heterocycles. The third-order valence-corrected chi connectivity index (χ3v) is 7.22. The van der Waals surface area contributed by atoms with Gasteiger partial charge < -0.3 is 10.2 Å². The second kappa shape index (κ2) is 9.05. The van der Waals surface area contributed by atoms with E-state index in [9.17, 15) is 14.0 Å². The van der Waals surface area contributed by atoms with E-state index in [2.05, 4.69) is 11.4 Å². The smallest absolute Gasteiger partial charge is 0.260 e. The van der Waals surface area contributed by atoms with Crippen LogP contribution in [0.2, 0.25) is 5.02 Å². The summed E-state index contributed by atoms with van der Waals surface area (Å²) < 4.78 is 13.6. The van der Waals surface area contributed by atoms with Gasteiger partial charge in [0.2, 0.25) is 0 Å². The van der Waals surface area contributed by atoms with Crippen molar-refractivity contribution in [2.75, 3.05) is 10.2 Å². The molecule has 0 saturated carbocycles. The third-order valence-electron chi connectivity index (χ3n) is 5.95. The van der Waals surface area contributed by atoms with Gasteiger partial charge in [-0.3, -0.25) is 9.59 Å². The first-order chi connectivity index (χ1) is 16.4. The van der Waals surface area contributed by atoms with Crippen molar-refractivity contribution >= 4 is 46.1 Å². The standard InChI is InChI=1S/C27H20ClFN2O2S/c1-16-6-7-19(29)13-22(16)26(32)30-20-8-9-21(23(28)14-20)27(33)31-15-18-10-11-34-25(18)12-17-4-2-3-5-24(17)31/h2-11,13-14H,12,15H2,1H3,(H,30,32). The molecule has 0 aliphatic carbocycles. The Morgan fingerprint density at radius 2 is 1.82 bits per heavy atom. The van der Waals surface area contributed by atoms with Gasteiger partial charge in [0, 0.05) is 28.2 Å². The lowest BCUT2D eigenvalue weighted by molar-refractivity contribution is 0.0984. The minimum atomic E-state index is -0.485. The molecule has 3 aromatic carbocycles. The zero-order valence-corrected chi connectivity index (χ0v) is 19.8. The van der Waals surface area contributed by atoms with Crippen LogP contribution >= 0.6 is 22.9 Å². The molecule has 0 bridgehead atoms. The maximum absolute atomic E-state index is 13.6. The van der Waals surface area contributed by atoms with Crippen LogP contribution in [0.1, 0.15) is 42.3 Å². The molecule has 0 atom stereocenters. The molecule has 1 N–H and O–H groups in total. The van der Waals surface area contributed by atoms with Gasteiger partial charge in [-0.25, -0.2) is 4.39 Å². The van der Waals surface area contributed by atoms with Crippen LogP contribution in [0.5, 0.6) is 0 Å². The first-order valence-electron chi connectivity index (χ1n) is 10.7. The Bertz CT molecular complexity index is 1430. The van der Waals surface area contributed by atoms with Crippen molar-refractivity contribution in [2.24, 2.45) is 0 Å². The summed E-state index contributed by atoms with van der Waals surface area (Å²) in [4.78, 5) is 29.3. The summed E-state index contributed by atoms with van der Waals surface area (Å²) in [7, 11) is 0. The van der Waals surface area contributed by atoms with Crippen molar-refractivity contribution < 1.29 is 14.0 Å². The molecule has 4 nitrogen and oxygen atoms in total. The van der Waals surface area contributed by atoms with Crippen molar-refractivity contribution in [2.45, 2.75) is 19.9 Å². The van der Waals surface area contributed by atoms with Gasteiger partial charge in [-0.15, -0.1) is 11.3 Å². The summed E-state index contributed by atoms with van der Waals surface area (Å²) in [6, 6.07) is 18.8. The number of carbonyl (C=O) groups is 2. The maximum atomic E-state index is 13.6. The number of anilines is 2. The van der Waals surface area contributed by atoms with Crippen LogP contribution in [-0.2, 0) is 13.0 Å². The first-order valence-corrected chi connectivity index (χ1v) is 12.0. The molecule has 5 rings (SSSR count). The number of fused-ring (bicyclic) bond motifs is 2. The van der Waals surface area contributed by atoms with Gasteiger partial charge >= 0.3 is 0 Å². The number of aryl methyl sites for hydroxylation is 1. The summed E-state index contributed by atoms with van der Waals surface area (Å²) >= 11 is 8.21. The molecule has 2 amide bonds. The highest BCUT2D eigenvalue weighted by atomic mass is 35.5. The molecule has 0 radical (unpaired) electrons. The van der Waals surface area contributed by atoms with Crippen LogP contribution in [0.4, 0.5) is 15.8 Å². The van der Waals surface area contributed by atoms with Crippen LogP contribution < -0.4 is 10.2 Å². The SMILES string of the molecule is Cc1ccc(F)cc1C(=O)Nc1ccc(C(=O)N2Cc3ccsc3Cc3ccccc32)c(Cl)c1. The number of nitrogens with one attached hydrogen (secondary N) is 1. The first kappa shape index (κ1) is 22.3. The molecule has 1 aliphatic heterocycles. The van der Waals surface area contributed by atoms with Crippen LogP contribution in [0.25, 0.3) is 0 Å². The lowest BCUT2D eigenvalue weighted by Gasteiger charge is -2.24. The lowest BCUT2D eigenvalue weighted by atomic mass is 10.1. The number of amides is 2. The highest BCUT2D eigenvalue weighted by molar-refractivity contribution is 7.10. The number of halogens is 2. The quantitative estimate of drug-likeness (QED) is 0.341. The molecule has 1 aliphatic rings. The Labute approximate surface area is 205 Å². The fourth-order valence-electron chi connectivity index (χ4n) is 4.15. The predicted octanol–water partition coefficient (Wildman–Crippen LogP) is 6.85. The van der Waals surface area contributed by atoms with Gasteiger partial charge in [-0.1, -0.05) is 35.9 Å². The van der Waals surface area contributed by atoms with E-state index in [-0.39, 0.29) is 16.5 Å². The van der Waals surface area contributed by atoms with Gasteiger partial charge in [0.25, 0.3) is 11.8 Å². The number of rotatable bonds is 3. The number of thiophene rings is 1. The second-order valence-corrected chi connectivity index (χ2v) is 9.58. The number of hydrogen-bond donors (Lipinski definition) is 1. The zero-order valence-electron chi connectivity index (χ0n) is 18.3. The number of carbonyl (C=O) groups excluding carboxylic acids is 2. The van der Waals surface area contributed by atoms with Gasteiger partial charge in [0.15, 0.2) is 0 Å². The summed E-state index contributed by atoms with van der Waals surface area (Å²) in [5.41, 5.74) is 4.74. The number of benzene rings is 3. The molecule has 34 heavy (non-hydrogen) atoms. The molecule has 0 fully saturated rings. The average molecular weight is 491 g/mol. The molecule has 1 aromatic heterocycles. The Balaban J connectivity index is 1.43. The maximum Gasteiger partial charge on any atom is 0.260 e. The molecule has 4 aromatic rings. The molecule has 0 unspecified atom stereocenters. The molecule has 0 saturated heterocycles. The second-order valence-electron chi connectivity index (χ2n) is 8.17. The minimum Gasteiger partial charge on any atom is -0.322 e. The van der Waals surface area contributed by atoms with Gasteiger partial charge in [-0.2, -0.15) is 0 Å². The average Bonchev–Trinajstić information content (AvgIpc) is 3.19. The van der Waals surface area contributed by atoms with Crippen LogP contribution in [0.15, 0.2) is 72.1 Å². The molecular formula is C27H20ClFN2O2S. The van der Waals surface area contributed by atoms with E-state index < -0.39 is 11.7 Å². The summed E-state index contributed by atoms with van der Waals surface area (Å²) in [6.45, 7) is 2.20. The normalized spacial score (nSPS) is 12.5. The molecule has 7 heteroatoms. The van der Waals surface area contributed by atoms with Crippen molar-refractivity contribution in [1.82, 2.24) is 0 Å². The topological polar surface area (TPSA) is 49.4 Å². The van der Waals surface area contributed by atoms with Gasteiger partial charge in [-0.05, 0) is 71.5 Å². The van der Waals surface area contributed by atoms with E-state index in [0.29, 0.717) is 23.4 Å². The summed E-state index contributed by atoms with van der Waals surface area (Å²) in [5.74, 6) is -1.14. The van der Waals surface area contributed by atoms with Crippen LogP contribution in [-0.4, -0.2) is 11.8 Å². The summed E-state index contributed by atoms with van der Waals surface area (Å²) in [6.07, 6.45) is 0.783. The fraction of sp³-hybridized carbons (Fsp3) is 0.111. The summed E-state index contributed by atoms with van der Waals surface area (Å²) in [5, 5.41) is 5.01. The van der Waals surface area contributed by atoms with Gasteiger partial charge in [0.05, 0.1) is 17.1 Å². The van der Waals surface area contributed by atoms with E-state index in [0.717, 1.165) is 23.2 Å². The number of hydrogen-bond acceptors (Lipinski definition) is 3. The molecule has 0 spiro atoms. The number of nitrogens with zero attached hydrogens (tertiary/aromatic N) is 1. The van der Waals surface area contributed by atoms with Crippen LogP contribution in [0.3, 0.4) is 0 Å². The van der Waals surface area contributed by atoms with E-state index in [1.54, 1.807) is 47.4 Å². The highest BCUT2D eigenvalue weighted by Gasteiger charge is 2.27. The van der Waals surface area contributed by atoms with Crippen molar-refractivity contribution in [3.63, 3.8) is 0 Å². The fourth-order valence-corrected chi connectivity index (χ4v) is 5.33. The Morgan fingerprint density at radius 1 is 1.00 bits per heavy atom. The monoisotopic (exact) mass is 490 g/mol. The van der Waals surface area contributed by atoms with Crippen molar-refractivity contribution in [1.29, 1.82) is 0 Å². The van der Waals surface area contributed by atoms with Gasteiger partial charge in [0.1, 0.15) is 5.82 Å². The van der Waals surface area contributed by atoms with E-state index >= 15 is 0 Å². The third kappa shape index (κ3) is 4.22. The van der Waals surface area contributed by atoms with E-state index in [4.69, 9.17) is 11.6 Å². The van der Waals surface area contributed by atoms with E-state index in [1.165, 1.54) is 17.0 Å². The Kier molecular flexibility index (Phi) is 5.94. The Morgan fingerprint density at radius 3 is 2.65 bits per heavy atom.